The number of carbonyl (C=O) groups excluding carboxylic acids is 2. The van der Waals surface area contributed by atoms with Crippen LogP contribution in [0.15, 0.2) is 42.5 Å². The van der Waals surface area contributed by atoms with Crippen LogP contribution in [0.4, 0.5) is 28.9 Å². The maximum absolute atomic E-state index is 12.9. The Labute approximate surface area is 167 Å². The number of rotatable bonds is 6. The molecule has 0 aliphatic carbocycles. The number of hydrogen-bond donors (Lipinski definition) is 2. The molecule has 0 aromatic heterocycles. The van der Waals surface area contributed by atoms with Crippen LogP contribution in [0.1, 0.15) is 12.5 Å². The van der Waals surface area contributed by atoms with Crippen LogP contribution < -0.4 is 10.6 Å². The highest BCUT2D eigenvalue weighted by molar-refractivity contribution is 8.01. The fraction of sp³-hybridized carbons (Fsp3) is 0.222. The van der Waals surface area contributed by atoms with Crippen LogP contribution in [0.2, 0.25) is 5.02 Å². The normalized spacial score (nSPS) is 12.4. The van der Waals surface area contributed by atoms with Crippen molar-refractivity contribution < 1.29 is 27.2 Å². The molecule has 2 aromatic carbocycles. The van der Waals surface area contributed by atoms with Gasteiger partial charge in [-0.2, -0.15) is 13.2 Å². The Bertz CT molecular complexity index is 860. The second-order valence-corrected chi connectivity index (χ2v) is 7.43. The molecule has 10 heteroatoms. The lowest BCUT2D eigenvalue weighted by Gasteiger charge is -2.14. The largest absolute Gasteiger partial charge is 0.417 e. The fourth-order valence-corrected chi connectivity index (χ4v) is 2.98. The molecule has 150 valence electrons. The van der Waals surface area contributed by atoms with Crippen LogP contribution in [-0.4, -0.2) is 22.8 Å². The van der Waals surface area contributed by atoms with Crippen molar-refractivity contribution in [3.63, 3.8) is 0 Å². The summed E-state index contributed by atoms with van der Waals surface area (Å²) in [7, 11) is 0. The standard InChI is InChI=1S/C18H15ClF4N2O2S/c1-10(28-9-16(26)24-12-4-2-11(20)3-5-12)17(27)25-13-6-7-15(19)14(8-13)18(21,22)23/h2-8,10H,9H2,1H3,(H,24,26)(H,25,27). The van der Waals surface area contributed by atoms with Gasteiger partial charge in [0, 0.05) is 11.4 Å². The van der Waals surface area contributed by atoms with Crippen LogP contribution in [0.25, 0.3) is 0 Å². The van der Waals surface area contributed by atoms with Crippen molar-refractivity contribution in [2.24, 2.45) is 0 Å². The highest BCUT2D eigenvalue weighted by atomic mass is 35.5. The van der Waals surface area contributed by atoms with E-state index in [4.69, 9.17) is 11.6 Å². The molecule has 2 rings (SSSR count). The Morgan fingerprint density at radius 3 is 2.29 bits per heavy atom. The van der Waals surface area contributed by atoms with Gasteiger partial charge in [-0.15, -0.1) is 11.8 Å². The first-order valence-electron chi connectivity index (χ1n) is 7.91. The first-order chi connectivity index (χ1) is 13.1. The second kappa shape index (κ2) is 9.29. The SMILES string of the molecule is CC(SCC(=O)Nc1ccc(F)cc1)C(=O)Nc1ccc(Cl)c(C(F)(F)F)c1. The van der Waals surface area contributed by atoms with Crippen LogP contribution in [0.3, 0.4) is 0 Å². The quantitative estimate of drug-likeness (QED) is 0.615. The van der Waals surface area contributed by atoms with E-state index in [1.54, 1.807) is 0 Å². The smallest absolute Gasteiger partial charge is 0.325 e. The summed E-state index contributed by atoms with van der Waals surface area (Å²) >= 11 is 6.54. The summed E-state index contributed by atoms with van der Waals surface area (Å²) in [5, 5.41) is 3.74. The molecule has 0 aliphatic heterocycles. The van der Waals surface area contributed by atoms with Gasteiger partial charge in [0.25, 0.3) is 0 Å². The van der Waals surface area contributed by atoms with Gasteiger partial charge >= 0.3 is 6.18 Å². The van der Waals surface area contributed by atoms with E-state index in [9.17, 15) is 27.2 Å². The number of amides is 2. The average Bonchev–Trinajstić information content (AvgIpc) is 2.62. The van der Waals surface area contributed by atoms with Crippen LogP contribution in [0, 0.1) is 5.82 Å². The van der Waals surface area contributed by atoms with Crippen molar-refractivity contribution in [2.45, 2.75) is 18.3 Å². The maximum Gasteiger partial charge on any atom is 0.417 e. The van der Waals surface area contributed by atoms with E-state index < -0.39 is 39.6 Å². The minimum Gasteiger partial charge on any atom is -0.325 e. The summed E-state index contributed by atoms with van der Waals surface area (Å²) in [4.78, 5) is 24.0. The van der Waals surface area contributed by atoms with E-state index in [-0.39, 0.29) is 11.4 Å². The second-order valence-electron chi connectivity index (χ2n) is 5.69. The van der Waals surface area contributed by atoms with E-state index in [2.05, 4.69) is 10.6 Å². The molecular weight excluding hydrogens is 420 g/mol. The highest BCUT2D eigenvalue weighted by Crippen LogP contribution is 2.36. The zero-order valence-corrected chi connectivity index (χ0v) is 16.0. The zero-order chi connectivity index (χ0) is 20.9. The Kier molecular flexibility index (Phi) is 7.31. The predicted molar refractivity (Wildman–Crippen MR) is 102 cm³/mol. The molecule has 0 heterocycles. The Morgan fingerprint density at radius 1 is 1.07 bits per heavy atom. The highest BCUT2D eigenvalue weighted by Gasteiger charge is 2.33. The third kappa shape index (κ3) is 6.42. The summed E-state index contributed by atoms with van der Waals surface area (Å²) in [6, 6.07) is 8.24. The van der Waals surface area contributed by atoms with Gasteiger partial charge in [0.2, 0.25) is 11.8 Å². The van der Waals surface area contributed by atoms with Gasteiger partial charge in [-0.25, -0.2) is 4.39 Å². The summed E-state index contributed by atoms with van der Waals surface area (Å²) in [5.74, 6) is -1.47. The number of anilines is 2. The molecule has 0 aliphatic rings. The third-order valence-electron chi connectivity index (χ3n) is 3.50. The lowest BCUT2D eigenvalue weighted by atomic mass is 10.2. The van der Waals surface area contributed by atoms with E-state index in [1.807, 2.05) is 0 Å². The van der Waals surface area contributed by atoms with Gasteiger partial charge in [-0.1, -0.05) is 11.6 Å². The first-order valence-corrected chi connectivity index (χ1v) is 9.33. The predicted octanol–water partition coefficient (Wildman–Crippen LogP) is 5.20. The van der Waals surface area contributed by atoms with Crippen molar-refractivity contribution in [3.05, 3.63) is 58.9 Å². The van der Waals surface area contributed by atoms with Gasteiger partial charge in [0.15, 0.2) is 0 Å². The number of halogens is 5. The molecule has 0 radical (unpaired) electrons. The van der Waals surface area contributed by atoms with E-state index >= 15 is 0 Å². The molecule has 0 saturated heterocycles. The van der Waals surface area contributed by atoms with Crippen molar-refractivity contribution in [1.29, 1.82) is 0 Å². The number of benzene rings is 2. The first kappa shape index (κ1) is 22.0. The number of carbonyl (C=O) groups is 2. The molecule has 0 saturated carbocycles. The Morgan fingerprint density at radius 2 is 1.68 bits per heavy atom. The fourth-order valence-electron chi connectivity index (χ4n) is 2.07. The van der Waals surface area contributed by atoms with Gasteiger partial charge in [0.05, 0.1) is 21.6 Å². The summed E-state index contributed by atoms with van der Waals surface area (Å²) in [6.07, 6.45) is -4.64. The molecule has 2 N–H and O–H groups in total. The molecule has 2 aromatic rings. The molecule has 28 heavy (non-hydrogen) atoms. The van der Waals surface area contributed by atoms with E-state index in [1.165, 1.54) is 37.3 Å². The summed E-state index contributed by atoms with van der Waals surface area (Å²) in [6.45, 7) is 1.52. The number of hydrogen-bond acceptors (Lipinski definition) is 3. The van der Waals surface area contributed by atoms with Gasteiger partial charge in [0.1, 0.15) is 5.82 Å². The minimum absolute atomic E-state index is 0.0510. The third-order valence-corrected chi connectivity index (χ3v) is 4.97. The lowest BCUT2D eigenvalue weighted by Crippen LogP contribution is -2.25. The van der Waals surface area contributed by atoms with Gasteiger partial charge in [-0.05, 0) is 49.4 Å². The number of nitrogens with one attached hydrogen (secondary N) is 2. The molecule has 0 bridgehead atoms. The Balaban J connectivity index is 1.89. The lowest BCUT2D eigenvalue weighted by molar-refractivity contribution is -0.137. The molecule has 4 nitrogen and oxygen atoms in total. The van der Waals surface area contributed by atoms with Crippen molar-refractivity contribution >= 4 is 46.6 Å². The van der Waals surface area contributed by atoms with E-state index in [0.29, 0.717) is 5.69 Å². The van der Waals surface area contributed by atoms with Crippen molar-refractivity contribution in [1.82, 2.24) is 0 Å². The van der Waals surface area contributed by atoms with Crippen LogP contribution in [-0.2, 0) is 15.8 Å². The van der Waals surface area contributed by atoms with Crippen molar-refractivity contribution in [2.75, 3.05) is 16.4 Å². The molecule has 1 atom stereocenters. The van der Waals surface area contributed by atoms with E-state index in [0.717, 1.165) is 23.9 Å². The molecule has 0 spiro atoms. The minimum atomic E-state index is -4.64. The summed E-state index contributed by atoms with van der Waals surface area (Å²) < 4.78 is 51.4. The Hall–Kier alpha value is -2.26. The van der Waals surface area contributed by atoms with Crippen molar-refractivity contribution in [3.8, 4) is 0 Å². The molecule has 2 amide bonds. The number of alkyl halides is 3. The van der Waals surface area contributed by atoms with Gasteiger partial charge in [-0.3, -0.25) is 9.59 Å². The molecular formula is C18H15ClF4N2O2S. The zero-order valence-electron chi connectivity index (χ0n) is 14.4. The molecule has 1 unspecified atom stereocenters. The summed E-state index contributed by atoms with van der Waals surface area (Å²) in [5.41, 5.74) is -0.694. The molecule has 0 fully saturated rings. The number of thioether (sulfide) groups is 1. The monoisotopic (exact) mass is 434 g/mol. The van der Waals surface area contributed by atoms with Gasteiger partial charge < -0.3 is 10.6 Å². The topological polar surface area (TPSA) is 58.2 Å². The maximum atomic E-state index is 12.9. The van der Waals surface area contributed by atoms with Crippen LogP contribution in [0.5, 0.6) is 0 Å². The van der Waals surface area contributed by atoms with Crippen LogP contribution >= 0.6 is 23.4 Å². The average molecular weight is 435 g/mol.